The number of hydrogen-bond acceptors (Lipinski definition) is 6. The average Bonchev–Trinajstić information content (AvgIpc) is 2.87. The molecule has 0 spiro atoms. The van der Waals surface area contributed by atoms with Gasteiger partial charge in [-0.25, -0.2) is 4.39 Å². The summed E-state index contributed by atoms with van der Waals surface area (Å²) in [5.74, 6) is -1.13. The number of piperazine rings is 1. The zero-order chi connectivity index (χ0) is 26.0. The maximum atomic E-state index is 15.1. The van der Waals surface area contributed by atoms with E-state index in [1.54, 1.807) is 15.5 Å². The number of hydrogen-bond donors (Lipinski definition) is 0. The summed E-state index contributed by atoms with van der Waals surface area (Å²) >= 11 is 0. The average molecular weight is 493 g/mol. The van der Waals surface area contributed by atoms with Crippen LogP contribution in [0.5, 0.6) is 0 Å². The zero-order valence-corrected chi connectivity index (χ0v) is 19.9. The molecular weight excluding hydrogens is 467 g/mol. The summed E-state index contributed by atoms with van der Waals surface area (Å²) in [6.45, 7) is 5.74. The van der Waals surface area contributed by atoms with Crippen molar-refractivity contribution >= 4 is 40.0 Å². The topological polar surface area (TPSA) is 106 Å². The summed E-state index contributed by atoms with van der Waals surface area (Å²) in [5.41, 5.74) is 0.699. The van der Waals surface area contributed by atoms with Crippen LogP contribution in [0.3, 0.4) is 0 Å². The van der Waals surface area contributed by atoms with Gasteiger partial charge < -0.3 is 14.4 Å². The van der Waals surface area contributed by atoms with Gasteiger partial charge in [0.05, 0.1) is 21.7 Å². The molecule has 1 amide bonds. The molecule has 0 bridgehead atoms. The van der Waals surface area contributed by atoms with E-state index in [0.29, 0.717) is 49.5 Å². The molecule has 0 radical (unpaired) electrons. The molecule has 36 heavy (non-hydrogen) atoms. The Bertz CT molecular complexity index is 1440. The first-order chi connectivity index (χ1) is 17.2. The largest absolute Gasteiger partial charge is 0.366 e. The van der Waals surface area contributed by atoms with E-state index in [1.165, 1.54) is 55.6 Å². The lowest BCUT2D eigenvalue weighted by Crippen LogP contribution is -2.48. The van der Waals surface area contributed by atoms with Crippen LogP contribution in [0, 0.1) is 15.9 Å². The van der Waals surface area contributed by atoms with Crippen molar-refractivity contribution in [2.24, 2.45) is 0 Å². The monoisotopic (exact) mass is 492 g/mol. The Hall–Kier alpha value is -4.34. The normalized spacial score (nSPS) is 14.0. The molecule has 1 aliphatic rings. The second kappa shape index (κ2) is 10.1. The highest BCUT2D eigenvalue weighted by Crippen LogP contribution is 2.26. The third kappa shape index (κ3) is 4.88. The van der Waals surface area contributed by atoms with E-state index < -0.39 is 22.0 Å². The lowest BCUT2D eigenvalue weighted by Gasteiger charge is -2.36. The lowest BCUT2D eigenvalue weighted by atomic mass is 10.1. The number of fused-ring (bicyclic) bond motifs is 1. The van der Waals surface area contributed by atoms with Gasteiger partial charge in [-0.2, -0.15) is 0 Å². The van der Waals surface area contributed by atoms with Gasteiger partial charge in [0.2, 0.25) is 11.3 Å². The minimum atomic E-state index is -0.570. The number of nitro benzene ring substituents is 1. The number of halogens is 1. The molecule has 4 rings (SSSR count). The van der Waals surface area contributed by atoms with Crippen molar-refractivity contribution < 1.29 is 18.9 Å². The van der Waals surface area contributed by atoms with Gasteiger partial charge in [0.1, 0.15) is 5.82 Å². The molecule has 186 valence electrons. The Morgan fingerprint density at radius 1 is 1.11 bits per heavy atom. The van der Waals surface area contributed by atoms with Crippen molar-refractivity contribution in [3.8, 4) is 0 Å². The Labute approximate surface area is 206 Å². The SMILES string of the molecule is CCn1cc(C(=O)/C=C/c2ccc([N+](=O)[O-])cc2)c(=O)c2cc(F)c(N3CCN(C(C)=O)CC3)cc21. The molecule has 1 aliphatic heterocycles. The number of carbonyl (C=O) groups excluding carboxylic acids is 2. The van der Waals surface area contributed by atoms with Gasteiger partial charge in [0.15, 0.2) is 5.78 Å². The quantitative estimate of drug-likeness (QED) is 0.225. The smallest absolute Gasteiger partial charge is 0.269 e. The van der Waals surface area contributed by atoms with Gasteiger partial charge in [-0.1, -0.05) is 6.08 Å². The highest BCUT2D eigenvalue weighted by molar-refractivity contribution is 6.08. The lowest BCUT2D eigenvalue weighted by molar-refractivity contribution is -0.384. The van der Waals surface area contributed by atoms with Crippen molar-refractivity contribution in [2.75, 3.05) is 31.1 Å². The number of nitro groups is 1. The van der Waals surface area contributed by atoms with Gasteiger partial charge in [0.25, 0.3) is 5.69 Å². The molecule has 0 atom stereocenters. The fraction of sp³-hybridized carbons (Fsp3) is 0.269. The molecule has 0 unspecified atom stereocenters. The highest BCUT2D eigenvalue weighted by Gasteiger charge is 2.23. The molecule has 1 aromatic heterocycles. The maximum absolute atomic E-state index is 15.1. The van der Waals surface area contributed by atoms with Crippen LogP contribution in [0.1, 0.15) is 29.8 Å². The van der Waals surface area contributed by atoms with E-state index in [-0.39, 0.29) is 22.5 Å². The number of aromatic nitrogens is 1. The predicted molar refractivity (Wildman–Crippen MR) is 135 cm³/mol. The molecule has 2 aromatic carbocycles. The van der Waals surface area contributed by atoms with Crippen molar-refractivity contribution in [3.63, 3.8) is 0 Å². The van der Waals surface area contributed by atoms with Gasteiger partial charge in [-0.3, -0.25) is 24.5 Å². The molecule has 1 fully saturated rings. The van der Waals surface area contributed by atoms with Crippen LogP contribution in [-0.2, 0) is 11.3 Å². The van der Waals surface area contributed by atoms with E-state index in [9.17, 15) is 24.5 Å². The van der Waals surface area contributed by atoms with Crippen LogP contribution in [0.15, 0.2) is 53.5 Å². The highest BCUT2D eigenvalue weighted by atomic mass is 19.1. The number of amides is 1. The van der Waals surface area contributed by atoms with Crippen LogP contribution < -0.4 is 10.3 Å². The first kappa shape index (κ1) is 24.8. The summed E-state index contributed by atoms with van der Waals surface area (Å²) in [6, 6.07) is 8.45. The van der Waals surface area contributed by atoms with E-state index >= 15 is 4.39 Å². The number of aryl methyl sites for hydroxylation is 1. The van der Waals surface area contributed by atoms with Crippen LogP contribution >= 0.6 is 0 Å². The first-order valence-electron chi connectivity index (χ1n) is 11.5. The Morgan fingerprint density at radius 3 is 2.36 bits per heavy atom. The van der Waals surface area contributed by atoms with E-state index in [0.717, 1.165) is 0 Å². The maximum Gasteiger partial charge on any atom is 0.269 e. The molecular formula is C26H25FN4O5. The molecule has 10 heteroatoms. The number of anilines is 1. The number of pyridine rings is 1. The molecule has 1 saturated heterocycles. The first-order valence-corrected chi connectivity index (χ1v) is 11.5. The number of ketones is 1. The van der Waals surface area contributed by atoms with Crippen LogP contribution in [0.4, 0.5) is 15.8 Å². The van der Waals surface area contributed by atoms with Crippen molar-refractivity contribution in [2.45, 2.75) is 20.4 Å². The van der Waals surface area contributed by atoms with Crippen molar-refractivity contribution in [1.29, 1.82) is 0 Å². The number of rotatable bonds is 6. The fourth-order valence-corrected chi connectivity index (χ4v) is 4.31. The van der Waals surface area contributed by atoms with E-state index in [2.05, 4.69) is 0 Å². The van der Waals surface area contributed by atoms with E-state index in [4.69, 9.17) is 0 Å². The standard InChI is InChI=1S/C26H25FN4O5/c1-3-28-16-21(25(33)9-6-18-4-7-19(8-5-18)31(35)36)26(34)20-14-22(27)24(15-23(20)28)30-12-10-29(11-13-30)17(2)32/h4-9,14-16H,3,10-13H2,1-2H3/b9-6+. The molecule has 2 heterocycles. The van der Waals surface area contributed by atoms with Crippen molar-refractivity contribution in [1.82, 2.24) is 9.47 Å². The Kier molecular flexibility index (Phi) is 6.96. The van der Waals surface area contributed by atoms with Gasteiger partial charge in [0, 0.05) is 63.4 Å². The molecule has 0 saturated carbocycles. The van der Waals surface area contributed by atoms with Gasteiger partial charge in [-0.05, 0) is 42.8 Å². The molecule has 3 aromatic rings. The van der Waals surface area contributed by atoms with Crippen LogP contribution in [-0.4, -0.2) is 52.3 Å². The fourth-order valence-electron chi connectivity index (χ4n) is 4.31. The van der Waals surface area contributed by atoms with Gasteiger partial charge >= 0.3 is 0 Å². The third-order valence-corrected chi connectivity index (χ3v) is 6.35. The Morgan fingerprint density at radius 2 is 1.78 bits per heavy atom. The summed E-state index contributed by atoms with van der Waals surface area (Å²) in [4.78, 5) is 51.5. The number of benzene rings is 2. The van der Waals surface area contributed by atoms with Gasteiger partial charge in [-0.15, -0.1) is 0 Å². The summed E-state index contributed by atoms with van der Waals surface area (Å²) < 4.78 is 16.9. The van der Waals surface area contributed by atoms with Crippen LogP contribution in [0.2, 0.25) is 0 Å². The number of carbonyl (C=O) groups is 2. The minimum Gasteiger partial charge on any atom is -0.366 e. The van der Waals surface area contributed by atoms with E-state index in [1.807, 2.05) is 11.8 Å². The summed E-state index contributed by atoms with van der Waals surface area (Å²) in [7, 11) is 0. The second-order valence-electron chi connectivity index (χ2n) is 8.52. The molecule has 9 nitrogen and oxygen atoms in total. The predicted octanol–water partition coefficient (Wildman–Crippen LogP) is 3.63. The second-order valence-corrected chi connectivity index (χ2v) is 8.52. The summed E-state index contributed by atoms with van der Waals surface area (Å²) in [5, 5.41) is 10.9. The van der Waals surface area contributed by atoms with Crippen LogP contribution in [0.25, 0.3) is 17.0 Å². The third-order valence-electron chi connectivity index (χ3n) is 6.35. The Balaban J connectivity index is 1.66. The molecule has 0 N–H and O–H groups in total. The molecule has 0 aliphatic carbocycles. The minimum absolute atomic E-state index is 0.0201. The number of non-ortho nitro benzene ring substituents is 1. The number of nitrogens with zero attached hydrogens (tertiary/aromatic N) is 4. The van der Waals surface area contributed by atoms with Crippen molar-refractivity contribution in [3.05, 3.63) is 86.0 Å². The number of allylic oxidation sites excluding steroid dienone is 1. The summed E-state index contributed by atoms with van der Waals surface area (Å²) in [6.07, 6.45) is 4.17. The zero-order valence-electron chi connectivity index (χ0n) is 19.9.